The second kappa shape index (κ2) is 10.3. The Morgan fingerprint density at radius 1 is 0.889 bits per heavy atom. The van der Waals surface area contributed by atoms with Crippen molar-refractivity contribution in [2.45, 2.75) is 77.6 Å². The maximum atomic E-state index is 5.34. The van der Waals surface area contributed by atoms with Crippen LogP contribution >= 0.6 is 0 Å². The lowest BCUT2D eigenvalue weighted by Gasteiger charge is -2.11. The summed E-state index contributed by atoms with van der Waals surface area (Å²) in [5.41, 5.74) is 6.66. The van der Waals surface area contributed by atoms with Crippen LogP contribution in [0.3, 0.4) is 0 Å². The summed E-state index contributed by atoms with van der Waals surface area (Å²) in [7, 11) is 1.69. The highest BCUT2D eigenvalue weighted by atomic mass is 16.5. The number of ether oxygens (including phenoxy) is 1. The van der Waals surface area contributed by atoms with Gasteiger partial charge in [0.15, 0.2) is 0 Å². The van der Waals surface area contributed by atoms with E-state index in [4.69, 9.17) is 14.8 Å². The third kappa shape index (κ3) is 5.95. The number of hydrogen-bond acceptors (Lipinski definition) is 4. The van der Waals surface area contributed by atoms with Crippen molar-refractivity contribution in [3.63, 3.8) is 0 Å². The first-order chi connectivity index (χ1) is 13.3. The molecule has 4 heteroatoms. The first-order valence-electron chi connectivity index (χ1n) is 10.5. The SMILES string of the molecule is COc1ccc2c(C)cc(NN=C3CCCCCCCCCCC3)nc2c1. The summed E-state index contributed by atoms with van der Waals surface area (Å²) in [5, 5.41) is 5.90. The molecule has 2 aromatic rings. The van der Waals surface area contributed by atoms with Gasteiger partial charge in [0.25, 0.3) is 0 Å². The van der Waals surface area contributed by atoms with Crippen LogP contribution in [0.15, 0.2) is 29.4 Å². The molecule has 0 saturated heterocycles. The molecule has 3 rings (SSSR count). The third-order valence-electron chi connectivity index (χ3n) is 5.48. The first-order valence-corrected chi connectivity index (χ1v) is 10.5. The normalized spacial score (nSPS) is 17.0. The molecule has 0 radical (unpaired) electrons. The Kier molecular flexibility index (Phi) is 7.49. The molecule has 0 aliphatic heterocycles. The van der Waals surface area contributed by atoms with Gasteiger partial charge in [0, 0.05) is 17.2 Å². The van der Waals surface area contributed by atoms with Crippen molar-refractivity contribution in [2.75, 3.05) is 12.5 Å². The average molecular weight is 368 g/mol. The standard InChI is InChI=1S/C23H33N3O/c1-18-16-23(24-22-17-20(27-2)14-15-21(18)22)26-25-19-12-10-8-6-4-3-5-7-9-11-13-19/h14-17H,3-13H2,1-2H3,(H,24,26). The average Bonchev–Trinajstić information content (AvgIpc) is 2.67. The van der Waals surface area contributed by atoms with E-state index in [2.05, 4.69) is 24.5 Å². The Labute approximate surface area is 163 Å². The maximum absolute atomic E-state index is 5.34. The zero-order valence-corrected chi connectivity index (χ0v) is 16.9. The fourth-order valence-electron chi connectivity index (χ4n) is 3.84. The molecule has 1 aliphatic carbocycles. The largest absolute Gasteiger partial charge is 0.497 e. The van der Waals surface area contributed by atoms with E-state index >= 15 is 0 Å². The molecule has 1 aromatic heterocycles. The number of fused-ring (bicyclic) bond motifs is 1. The van der Waals surface area contributed by atoms with Gasteiger partial charge in [0.05, 0.1) is 12.6 Å². The van der Waals surface area contributed by atoms with Crippen molar-refractivity contribution >= 4 is 22.4 Å². The number of methoxy groups -OCH3 is 1. The van der Waals surface area contributed by atoms with Gasteiger partial charge >= 0.3 is 0 Å². The molecule has 4 nitrogen and oxygen atoms in total. The fourth-order valence-corrected chi connectivity index (χ4v) is 3.84. The minimum atomic E-state index is 0.812. The Balaban J connectivity index is 1.71. The molecule has 1 N–H and O–H groups in total. The number of nitrogens with one attached hydrogen (secondary N) is 1. The minimum Gasteiger partial charge on any atom is -0.497 e. The predicted molar refractivity (Wildman–Crippen MR) is 115 cm³/mol. The molecule has 0 unspecified atom stereocenters. The molecule has 1 saturated carbocycles. The van der Waals surface area contributed by atoms with E-state index < -0.39 is 0 Å². The summed E-state index contributed by atoms with van der Waals surface area (Å²) in [4.78, 5) is 4.73. The molecule has 0 amide bonds. The second-order valence-electron chi connectivity index (χ2n) is 7.68. The van der Waals surface area contributed by atoms with E-state index in [-0.39, 0.29) is 0 Å². The quantitative estimate of drug-likeness (QED) is 0.620. The van der Waals surface area contributed by atoms with Crippen LogP contribution in [-0.2, 0) is 0 Å². The Morgan fingerprint density at radius 3 is 2.15 bits per heavy atom. The zero-order chi connectivity index (χ0) is 18.9. The number of rotatable bonds is 3. The van der Waals surface area contributed by atoms with E-state index in [1.54, 1.807) is 7.11 Å². The molecule has 1 aromatic carbocycles. The molecule has 0 atom stereocenters. The monoisotopic (exact) mass is 367 g/mol. The van der Waals surface area contributed by atoms with Crippen LogP contribution < -0.4 is 10.2 Å². The summed E-state index contributed by atoms with van der Waals surface area (Å²) < 4.78 is 5.34. The summed E-state index contributed by atoms with van der Waals surface area (Å²) in [6.07, 6.45) is 14.3. The number of hydrazone groups is 1. The van der Waals surface area contributed by atoms with E-state index in [1.165, 1.54) is 69.1 Å². The molecule has 0 bridgehead atoms. The van der Waals surface area contributed by atoms with Crippen LogP contribution in [0.1, 0.15) is 76.2 Å². The molecule has 1 heterocycles. The van der Waals surface area contributed by atoms with Crippen molar-refractivity contribution < 1.29 is 4.74 Å². The van der Waals surface area contributed by atoms with E-state index in [9.17, 15) is 0 Å². The smallest absolute Gasteiger partial charge is 0.147 e. The van der Waals surface area contributed by atoms with Gasteiger partial charge in [-0.25, -0.2) is 4.98 Å². The van der Waals surface area contributed by atoms with Gasteiger partial charge in [-0.2, -0.15) is 5.10 Å². The van der Waals surface area contributed by atoms with Crippen LogP contribution in [0.5, 0.6) is 5.75 Å². The second-order valence-corrected chi connectivity index (χ2v) is 7.68. The van der Waals surface area contributed by atoms with Gasteiger partial charge in [-0.05, 0) is 56.4 Å². The fraction of sp³-hybridized carbons (Fsp3) is 0.565. The lowest BCUT2D eigenvalue weighted by molar-refractivity contribution is 0.415. The van der Waals surface area contributed by atoms with Gasteiger partial charge in [-0.1, -0.05) is 44.9 Å². The van der Waals surface area contributed by atoms with Crippen molar-refractivity contribution in [1.29, 1.82) is 0 Å². The lowest BCUT2D eigenvalue weighted by atomic mass is 10.00. The number of pyridine rings is 1. The van der Waals surface area contributed by atoms with Crippen LogP contribution in [0.2, 0.25) is 0 Å². The summed E-state index contributed by atoms with van der Waals surface area (Å²) in [5.74, 6) is 1.64. The van der Waals surface area contributed by atoms with Gasteiger partial charge in [0.2, 0.25) is 0 Å². The van der Waals surface area contributed by atoms with Gasteiger partial charge in [-0.3, -0.25) is 5.43 Å². The highest BCUT2D eigenvalue weighted by Gasteiger charge is 2.06. The molecular formula is C23H33N3O. The van der Waals surface area contributed by atoms with Gasteiger partial charge < -0.3 is 4.74 Å². The van der Waals surface area contributed by atoms with Gasteiger partial charge in [-0.15, -0.1) is 0 Å². The van der Waals surface area contributed by atoms with E-state index in [0.29, 0.717) is 0 Å². The van der Waals surface area contributed by atoms with E-state index in [1.807, 2.05) is 12.1 Å². The summed E-state index contributed by atoms with van der Waals surface area (Å²) in [6.45, 7) is 2.12. The first kappa shape index (κ1) is 19.7. The molecule has 0 spiro atoms. The minimum absolute atomic E-state index is 0.812. The highest BCUT2D eigenvalue weighted by molar-refractivity contribution is 5.86. The van der Waals surface area contributed by atoms with Crippen molar-refractivity contribution in [1.82, 2.24) is 4.98 Å². The molecule has 1 aliphatic rings. The predicted octanol–water partition coefficient (Wildman–Crippen LogP) is 6.62. The molecular weight excluding hydrogens is 334 g/mol. The number of anilines is 1. The van der Waals surface area contributed by atoms with Crippen molar-refractivity contribution in [2.24, 2.45) is 5.10 Å². The lowest BCUT2D eigenvalue weighted by Crippen LogP contribution is -2.05. The molecule has 27 heavy (non-hydrogen) atoms. The number of benzene rings is 1. The van der Waals surface area contributed by atoms with Crippen LogP contribution in [0.25, 0.3) is 10.9 Å². The van der Waals surface area contributed by atoms with E-state index in [0.717, 1.165) is 35.3 Å². The van der Waals surface area contributed by atoms with Gasteiger partial charge in [0.1, 0.15) is 11.6 Å². The highest BCUT2D eigenvalue weighted by Crippen LogP contribution is 2.24. The Bertz CT molecular complexity index is 756. The Morgan fingerprint density at radius 2 is 1.52 bits per heavy atom. The molecule has 1 fully saturated rings. The van der Waals surface area contributed by atoms with Crippen molar-refractivity contribution in [3.8, 4) is 5.75 Å². The third-order valence-corrected chi connectivity index (χ3v) is 5.48. The Hall–Kier alpha value is -2.10. The number of hydrogen-bond donors (Lipinski definition) is 1. The molecule has 146 valence electrons. The van der Waals surface area contributed by atoms with Crippen LogP contribution in [0, 0.1) is 6.92 Å². The van der Waals surface area contributed by atoms with Crippen LogP contribution in [-0.4, -0.2) is 17.8 Å². The maximum Gasteiger partial charge on any atom is 0.147 e. The number of nitrogens with zero attached hydrogens (tertiary/aromatic N) is 2. The van der Waals surface area contributed by atoms with Crippen LogP contribution in [0.4, 0.5) is 5.82 Å². The summed E-state index contributed by atoms with van der Waals surface area (Å²) >= 11 is 0. The topological polar surface area (TPSA) is 46.5 Å². The summed E-state index contributed by atoms with van der Waals surface area (Å²) in [6, 6.07) is 8.11. The number of aromatic nitrogens is 1. The number of aryl methyl sites for hydroxylation is 1. The zero-order valence-electron chi connectivity index (χ0n) is 16.9. The van der Waals surface area contributed by atoms with Crippen molar-refractivity contribution in [3.05, 3.63) is 29.8 Å².